The molecule has 1 aliphatic rings. The first-order valence-corrected chi connectivity index (χ1v) is 5.81. The topological polar surface area (TPSA) is 41.1 Å². The molecule has 0 spiro atoms. The van der Waals surface area contributed by atoms with Crippen molar-refractivity contribution in [2.24, 2.45) is 5.92 Å². The van der Waals surface area contributed by atoms with Gasteiger partial charge < -0.3 is 10.6 Å². The van der Waals surface area contributed by atoms with Gasteiger partial charge in [-0.1, -0.05) is 0 Å². The van der Waals surface area contributed by atoms with Gasteiger partial charge >= 0.3 is 0 Å². The molecule has 2 rings (SSSR count). The van der Waals surface area contributed by atoms with E-state index in [4.69, 9.17) is 0 Å². The minimum atomic E-state index is 0.0454. The zero-order chi connectivity index (χ0) is 9.80. The minimum absolute atomic E-state index is 0.0454. The fourth-order valence-corrected chi connectivity index (χ4v) is 1.84. The largest absolute Gasteiger partial charge is 0.324 e. The molecular formula is C10H14N2OS. The molecule has 1 aromatic heterocycles. The average molecular weight is 210 g/mol. The van der Waals surface area contributed by atoms with Crippen molar-refractivity contribution in [1.29, 1.82) is 0 Å². The lowest BCUT2D eigenvalue weighted by molar-refractivity contribution is -0.115. The van der Waals surface area contributed by atoms with Crippen LogP contribution >= 0.6 is 11.3 Å². The lowest BCUT2D eigenvalue weighted by Crippen LogP contribution is -2.29. The van der Waals surface area contributed by atoms with Crippen LogP contribution in [-0.4, -0.2) is 19.0 Å². The standard InChI is InChI=1S/C10H14N2OS/c13-10(6-11-5-8-1-2-8)12-9-3-4-14-7-9/h3-4,7-8,11H,1-2,5-6H2,(H,12,13). The van der Waals surface area contributed by atoms with Gasteiger partial charge in [-0.2, -0.15) is 11.3 Å². The molecule has 0 aliphatic heterocycles. The molecule has 76 valence electrons. The van der Waals surface area contributed by atoms with Crippen LogP contribution < -0.4 is 10.6 Å². The van der Waals surface area contributed by atoms with Gasteiger partial charge in [-0.05, 0) is 36.8 Å². The maximum absolute atomic E-state index is 11.3. The summed E-state index contributed by atoms with van der Waals surface area (Å²) in [5.41, 5.74) is 0.897. The highest BCUT2D eigenvalue weighted by molar-refractivity contribution is 7.08. The smallest absolute Gasteiger partial charge is 0.238 e. The van der Waals surface area contributed by atoms with E-state index in [1.54, 1.807) is 11.3 Å². The Bertz CT molecular complexity index is 293. The van der Waals surface area contributed by atoms with Gasteiger partial charge in [0.2, 0.25) is 5.91 Å². The van der Waals surface area contributed by atoms with Crippen LogP contribution in [-0.2, 0) is 4.79 Å². The van der Waals surface area contributed by atoms with Crippen molar-refractivity contribution in [2.45, 2.75) is 12.8 Å². The van der Waals surface area contributed by atoms with Gasteiger partial charge in [0.15, 0.2) is 0 Å². The lowest BCUT2D eigenvalue weighted by atomic mass is 10.4. The number of hydrogen-bond acceptors (Lipinski definition) is 3. The Morgan fingerprint density at radius 1 is 1.57 bits per heavy atom. The molecule has 0 bridgehead atoms. The summed E-state index contributed by atoms with van der Waals surface area (Å²) in [4.78, 5) is 11.3. The van der Waals surface area contributed by atoms with Crippen LogP contribution in [0.2, 0.25) is 0 Å². The van der Waals surface area contributed by atoms with E-state index in [-0.39, 0.29) is 5.91 Å². The van der Waals surface area contributed by atoms with Gasteiger partial charge in [0.25, 0.3) is 0 Å². The van der Waals surface area contributed by atoms with Crippen molar-refractivity contribution in [2.75, 3.05) is 18.4 Å². The van der Waals surface area contributed by atoms with E-state index < -0.39 is 0 Å². The molecule has 1 heterocycles. The molecule has 14 heavy (non-hydrogen) atoms. The molecule has 4 heteroatoms. The molecule has 0 aromatic carbocycles. The molecule has 0 saturated heterocycles. The number of rotatable bonds is 5. The first-order valence-electron chi connectivity index (χ1n) is 4.87. The molecule has 0 atom stereocenters. The minimum Gasteiger partial charge on any atom is -0.324 e. The molecule has 0 unspecified atom stereocenters. The highest BCUT2D eigenvalue weighted by atomic mass is 32.1. The van der Waals surface area contributed by atoms with E-state index in [1.807, 2.05) is 16.8 Å². The van der Waals surface area contributed by atoms with Crippen molar-refractivity contribution in [1.82, 2.24) is 5.32 Å². The number of amides is 1. The monoisotopic (exact) mass is 210 g/mol. The molecule has 0 radical (unpaired) electrons. The predicted molar refractivity (Wildman–Crippen MR) is 58.5 cm³/mol. The first-order chi connectivity index (χ1) is 6.84. The van der Waals surface area contributed by atoms with Crippen LogP contribution in [0, 0.1) is 5.92 Å². The Labute approximate surface area is 87.5 Å². The number of hydrogen-bond donors (Lipinski definition) is 2. The van der Waals surface area contributed by atoms with Crippen molar-refractivity contribution in [3.63, 3.8) is 0 Å². The summed E-state index contributed by atoms with van der Waals surface area (Å²) in [6.45, 7) is 1.41. The van der Waals surface area contributed by atoms with E-state index >= 15 is 0 Å². The summed E-state index contributed by atoms with van der Waals surface area (Å²) in [6, 6.07) is 1.91. The van der Waals surface area contributed by atoms with Crippen LogP contribution in [0.3, 0.4) is 0 Å². The van der Waals surface area contributed by atoms with E-state index in [0.29, 0.717) is 6.54 Å². The van der Waals surface area contributed by atoms with Crippen molar-refractivity contribution >= 4 is 22.9 Å². The Kier molecular flexibility index (Phi) is 3.16. The average Bonchev–Trinajstić information content (AvgIpc) is 2.83. The first kappa shape index (κ1) is 9.68. The second-order valence-corrected chi connectivity index (χ2v) is 4.41. The third-order valence-corrected chi connectivity index (χ3v) is 2.90. The summed E-state index contributed by atoms with van der Waals surface area (Å²) < 4.78 is 0. The molecule has 1 saturated carbocycles. The van der Waals surface area contributed by atoms with Crippen LogP contribution in [0.15, 0.2) is 16.8 Å². The number of carbonyl (C=O) groups excluding carboxylic acids is 1. The molecule has 2 N–H and O–H groups in total. The number of thiophene rings is 1. The van der Waals surface area contributed by atoms with Crippen LogP contribution in [0.25, 0.3) is 0 Å². The molecule has 1 aromatic rings. The van der Waals surface area contributed by atoms with E-state index in [0.717, 1.165) is 18.2 Å². The molecule has 3 nitrogen and oxygen atoms in total. The Morgan fingerprint density at radius 2 is 2.43 bits per heavy atom. The van der Waals surface area contributed by atoms with Gasteiger partial charge in [-0.25, -0.2) is 0 Å². The van der Waals surface area contributed by atoms with Crippen molar-refractivity contribution in [3.8, 4) is 0 Å². The number of nitrogens with one attached hydrogen (secondary N) is 2. The van der Waals surface area contributed by atoms with Crippen molar-refractivity contribution < 1.29 is 4.79 Å². The van der Waals surface area contributed by atoms with Crippen molar-refractivity contribution in [3.05, 3.63) is 16.8 Å². The Balaban J connectivity index is 1.62. The second-order valence-electron chi connectivity index (χ2n) is 3.63. The van der Waals surface area contributed by atoms with E-state index in [2.05, 4.69) is 10.6 Å². The summed E-state index contributed by atoms with van der Waals surface area (Å²) in [6.07, 6.45) is 2.64. The predicted octanol–water partition coefficient (Wildman–Crippen LogP) is 1.69. The third-order valence-electron chi connectivity index (χ3n) is 2.22. The van der Waals surface area contributed by atoms with Gasteiger partial charge in [-0.15, -0.1) is 0 Å². The zero-order valence-electron chi connectivity index (χ0n) is 7.95. The quantitative estimate of drug-likeness (QED) is 0.776. The van der Waals surface area contributed by atoms with Gasteiger partial charge in [-0.3, -0.25) is 4.79 Å². The van der Waals surface area contributed by atoms with Crippen LogP contribution in [0.1, 0.15) is 12.8 Å². The highest BCUT2D eigenvalue weighted by Gasteiger charge is 2.20. The summed E-state index contributed by atoms with van der Waals surface area (Å²) in [7, 11) is 0. The zero-order valence-corrected chi connectivity index (χ0v) is 8.77. The fourth-order valence-electron chi connectivity index (χ4n) is 1.25. The Morgan fingerprint density at radius 3 is 3.07 bits per heavy atom. The van der Waals surface area contributed by atoms with Gasteiger partial charge in [0.05, 0.1) is 12.2 Å². The van der Waals surface area contributed by atoms with Crippen LogP contribution in [0.4, 0.5) is 5.69 Å². The number of anilines is 1. The Hall–Kier alpha value is -0.870. The van der Waals surface area contributed by atoms with Gasteiger partial charge in [0, 0.05) is 5.38 Å². The fraction of sp³-hybridized carbons (Fsp3) is 0.500. The molecule has 1 amide bonds. The lowest BCUT2D eigenvalue weighted by Gasteiger charge is -2.03. The van der Waals surface area contributed by atoms with E-state index in [9.17, 15) is 4.79 Å². The SMILES string of the molecule is O=C(CNCC1CC1)Nc1ccsc1. The molecular weight excluding hydrogens is 196 g/mol. The normalized spacial score (nSPS) is 15.4. The van der Waals surface area contributed by atoms with Gasteiger partial charge in [0.1, 0.15) is 0 Å². The molecule has 1 aliphatic carbocycles. The summed E-state index contributed by atoms with van der Waals surface area (Å²) in [5.74, 6) is 0.869. The molecule has 1 fully saturated rings. The summed E-state index contributed by atoms with van der Waals surface area (Å²) in [5, 5.41) is 9.86. The summed E-state index contributed by atoms with van der Waals surface area (Å²) >= 11 is 1.59. The van der Waals surface area contributed by atoms with E-state index in [1.165, 1.54) is 12.8 Å². The maximum Gasteiger partial charge on any atom is 0.238 e. The maximum atomic E-state index is 11.3. The highest BCUT2D eigenvalue weighted by Crippen LogP contribution is 2.27. The second kappa shape index (κ2) is 4.57. The third kappa shape index (κ3) is 3.12. The number of carbonyl (C=O) groups is 1. The van der Waals surface area contributed by atoms with Crippen LogP contribution in [0.5, 0.6) is 0 Å².